The monoisotopic (exact) mass is 838 g/mol. The Labute approximate surface area is 351 Å². The molecule has 0 aromatic carbocycles. The molecule has 0 aromatic heterocycles. The summed E-state index contributed by atoms with van der Waals surface area (Å²) in [5, 5.41) is 44.7. The maximum atomic E-state index is 14.6. The molecule has 0 aliphatic carbocycles. The fraction of sp³-hybridized carbons (Fsp3) is 0.889. The number of alkyl carbamates (subject to hydrolysis) is 1. The van der Waals surface area contributed by atoms with Gasteiger partial charge in [0.05, 0.1) is 60.4 Å². The average molecular weight is 838 g/mol. The molecule has 5 aliphatic heterocycles. The number of Topliss-reactive ketones (excluding diaryl/α,β-unsaturated/α-hetero) is 1. The lowest BCUT2D eigenvalue weighted by Crippen LogP contribution is -2.63. The zero-order valence-corrected chi connectivity index (χ0v) is 37.2. The minimum atomic E-state index is -1.48. The van der Waals surface area contributed by atoms with Gasteiger partial charge < -0.3 is 54.2 Å². The summed E-state index contributed by atoms with van der Waals surface area (Å²) in [6, 6.07) is 0. The third kappa shape index (κ3) is 9.60. The van der Waals surface area contributed by atoms with Crippen LogP contribution < -0.4 is 5.32 Å². The molecular weight excluding hydrogens is 762 g/mol. The number of ether oxygens (including phenoxy) is 6. The van der Waals surface area contributed by atoms with Gasteiger partial charge in [0, 0.05) is 36.6 Å². The second kappa shape index (κ2) is 19.1. The van der Waals surface area contributed by atoms with Gasteiger partial charge in [-0.15, -0.1) is 0 Å². The summed E-state index contributed by atoms with van der Waals surface area (Å²) in [5.41, 5.74) is -1.80. The van der Waals surface area contributed by atoms with E-state index < -0.39 is 95.1 Å². The Hall–Kier alpha value is -2.17. The van der Waals surface area contributed by atoms with E-state index in [0.717, 1.165) is 6.42 Å². The maximum Gasteiger partial charge on any atom is 0.408 e. The van der Waals surface area contributed by atoms with Crippen molar-refractivity contribution in [1.82, 2.24) is 5.32 Å². The number of nitrogens with one attached hydrogen (secondary N) is 1. The number of aliphatic hydroxyl groups excluding tert-OH is 2. The molecule has 5 N–H and O–H groups in total. The minimum absolute atomic E-state index is 0.00902. The first kappa shape index (κ1) is 47.9. The van der Waals surface area contributed by atoms with Crippen molar-refractivity contribution < 1.29 is 63.2 Å². The highest BCUT2D eigenvalue weighted by molar-refractivity contribution is 5.84. The maximum absolute atomic E-state index is 14.6. The zero-order chi connectivity index (χ0) is 43.7. The van der Waals surface area contributed by atoms with Gasteiger partial charge in [0.1, 0.15) is 5.78 Å². The van der Waals surface area contributed by atoms with Crippen molar-refractivity contribution >= 4 is 17.8 Å². The van der Waals surface area contributed by atoms with E-state index in [1.807, 2.05) is 48.5 Å². The topological polar surface area (TPSA) is 200 Å². The van der Waals surface area contributed by atoms with E-state index in [1.54, 1.807) is 19.1 Å². The summed E-state index contributed by atoms with van der Waals surface area (Å²) < 4.78 is 40.0. The summed E-state index contributed by atoms with van der Waals surface area (Å²) in [6.45, 7) is 19.1. The number of carbonyl (C=O) groups is 3. The van der Waals surface area contributed by atoms with Crippen LogP contribution in [0.3, 0.4) is 0 Å². The molecule has 0 saturated carbocycles. The van der Waals surface area contributed by atoms with Crippen LogP contribution in [0.2, 0.25) is 0 Å². The summed E-state index contributed by atoms with van der Waals surface area (Å²) in [7, 11) is 0. The average Bonchev–Trinajstić information content (AvgIpc) is 3.54. The Balaban J connectivity index is 1.38. The fourth-order valence-corrected chi connectivity index (χ4v) is 10.9. The lowest BCUT2D eigenvalue weighted by molar-refractivity contribution is -0.408. The molecule has 4 fully saturated rings. The lowest BCUT2D eigenvalue weighted by atomic mass is 9.72. The van der Waals surface area contributed by atoms with Crippen LogP contribution in [-0.2, 0) is 38.0 Å². The van der Waals surface area contributed by atoms with Crippen molar-refractivity contribution in [2.24, 2.45) is 41.4 Å². The summed E-state index contributed by atoms with van der Waals surface area (Å²) in [5.74, 6) is -6.41. The quantitative estimate of drug-likeness (QED) is 0.122. The second-order valence-corrected chi connectivity index (χ2v) is 18.9. The Morgan fingerprint density at radius 2 is 1.61 bits per heavy atom. The molecule has 2 spiro atoms. The van der Waals surface area contributed by atoms with Gasteiger partial charge in [-0.25, -0.2) is 4.79 Å². The van der Waals surface area contributed by atoms with Crippen LogP contribution in [0.15, 0.2) is 12.2 Å². The van der Waals surface area contributed by atoms with Gasteiger partial charge in [0.15, 0.2) is 11.9 Å². The number of ketones is 1. The molecule has 18 atom stereocenters. The fourth-order valence-electron chi connectivity index (χ4n) is 10.9. The minimum Gasteiger partial charge on any atom is -0.481 e. The molecule has 5 heterocycles. The smallest absolute Gasteiger partial charge is 0.408 e. The van der Waals surface area contributed by atoms with Gasteiger partial charge in [0.25, 0.3) is 0 Å². The highest BCUT2D eigenvalue weighted by Crippen LogP contribution is 2.54. The first-order valence-corrected chi connectivity index (χ1v) is 22.5. The van der Waals surface area contributed by atoms with Crippen LogP contribution in [0, 0.1) is 41.4 Å². The Bertz CT molecular complexity index is 1490. The van der Waals surface area contributed by atoms with E-state index in [9.17, 15) is 34.8 Å². The predicted octanol–water partition coefficient (Wildman–Crippen LogP) is 5.91. The van der Waals surface area contributed by atoms with Crippen molar-refractivity contribution in [1.29, 1.82) is 0 Å². The highest BCUT2D eigenvalue weighted by atomic mass is 16.8. The molecule has 0 radical (unpaired) electrons. The van der Waals surface area contributed by atoms with Crippen LogP contribution in [0.4, 0.5) is 4.79 Å². The Kier molecular flexibility index (Phi) is 15.5. The van der Waals surface area contributed by atoms with Crippen molar-refractivity contribution in [2.75, 3.05) is 13.2 Å². The molecule has 338 valence electrons. The van der Waals surface area contributed by atoms with Crippen molar-refractivity contribution in [3.05, 3.63) is 12.2 Å². The van der Waals surface area contributed by atoms with E-state index in [1.165, 1.54) is 0 Å². The number of hydrogen-bond donors (Lipinski definition) is 5. The van der Waals surface area contributed by atoms with Crippen molar-refractivity contribution in [2.45, 2.75) is 199 Å². The van der Waals surface area contributed by atoms with Gasteiger partial charge >= 0.3 is 12.1 Å². The largest absolute Gasteiger partial charge is 0.481 e. The molecule has 0 unspecified atom stereocenters. The molecule has 0 aromatic rings. The molecule has 0 bridgehead atoms. The number of aliphatic hydroxyl groups is 3. The molecule has 4 saturated heterocycles. The number of amides is 1. The standard InChI is InChI=1S/C45H75NO13/c1-11-31(40(50)51)33-15-14-25(4)38(55-33)29(8)36(48)28(7)37(49)32(12-2)39-26(5)24-27(6)44(57-39)19-17-35(56-41(52)46-22-23-47)45(59-44)21-20-42(10,58-45)34-16-18-43(53,13-3)30(9)54-34/h17,19,25-36,38-39,47-48,53H,11-16,18,20-24H2,1-10H3,(H,46,52)(H,50,51)/t25-,26-,27+,28-,29-,30-,31+,32-,33+,34+,35+,36+,38+,39-,42-,43+,44-,45-/m0/s1. The van der Waals surface area contributed by atoms with E-state index in [4.69, 9.17) is 28.4 Å². The highest BCUT2D eigenvalue weighted by Gasteiger charge is 2.64. The van der Waals surface area contributed by atoms with Crippen LogP contribution in [0.5, 0.6) is 0 Å². The van der Waals surface area contributed by atoms with Gasteiger partial charge in [-0.3, -0.25) is 9.59 Å². The molecule has 1 amide bonds. The number of rotatable bonds is 15. The van der Waals surface area contributed by atoms with E-state index in [0.29, 0.717) is 57.8 Å². The summed E-state index contributed by atoms with van der Waals surface area (Å²) in [6.07, 6.45) is 4.02. The number of carboxylic acids is 1. The molecular formula is C45H75NO13. The number of carboxylic acid groups (broad SMARTS) is 1. The third-order valence-corrected chi connectivity index (χ3v) is 15.0. The third-order valence-electron chi connectivity index (χ3n) is 15.0. The van der Waals surface area contributed by atoms with Crippen LogP contribution in [-0.4, -0.2) is 117 Å². The summed E-state index contributed by atoms with van der Waals surface area (Å²) in [4.78, 5) is 39.5. The summed E-state index contributed by atoms with van der Waals surface area (Å²) >= 11 is 0. The lowest BCUT2D eigenvalue weighted by Gasteiger charge is -2.54. The second-order valence-electron chi connectivity index (χ2n) is 18.9. The number of hydrogen-bond acceptors (Lipinski definition) is 12. The van der Waals surface area contributed by atoms with Crippen LogP contribution in [0.25, 0.3) is 0 Å². The molecule has 14 heteroatoms. The normalized spacial score (nSPS) is 42.5. The molecule has 14 nitrogen and oxygen atoms in total. The van der Waals surface area contributed by atoms with Gasteiger partial charge in [0.2, 0.25) is 5.79 Å². The Morgan fingerprint density at radius 1 is 0.915 bits per heavy atom. The van der Waals surface area contributed by atoms with Gasteiger partial charge in [-0.2, -0.15) is 0 Å². The van der Waals surface area contributed by atoms with Crippen molar-refractivity contribution in [3.8, 4) is 0 Å². The number of carbonyl (C=O) groups excluding carboxylic acids is 2. The van der Waals surface area contributed by atoms with Crippen LogP contribution >= 0.6 is 0 Å². The first-order valence-electron chi connectivity index (χ1n) is 22.5. The van der Waals surface area contributed by atoms with E-state index >= 15 is 0 Å². The molecule has 5 aliphatic rings. The van der Waals surface area contributed by atoms with Crippen LogP contribution in [0.1, 0.15) is 133 Å². The van der Waals surface area contributed by atoms with Crippen molar-refractivity contribution in [3.63, 3.8) is 0 Å². The predicted molar refractivity (Wildman–Crippen MR) is 218 cm³/mol. The molecule has 5 rings (SSSR count). The van der Waals surface area contributed by atoms with Gasteiger partial charge in [-0.1, -0.05) is 55.4 Å². The molecule has 59 heavy (non-hydrogen) atoms. The van der Waals surface area contributed by atoms with Gasteiger partial charge in [-0.05, 0) is 95.6 Å². The Morgan fingerprint density at radius 3 is 2.22 bits per heavy atom. The zero-order valence-electron chi connectivity index (χ0n) is 37.2. The van der Waals surface area contributed by atoms with E-state index in [-0.39, 0.29) is 42.8 Å². The van der Waals surface area contributed by atoms with E-state index in [2.05, 4.69) is 19.2 Å². The SMILES string of the molecule is CC[C@@H](C(=O)[C@@H](C)[C@@H](O)[C@H](C)[C@@H]1O[C@@H]([C@@H](CC)C(=O)O)CC[C@@H]1C)[C@H]1O[C@]2(C=C[C@@H](OC(=O)NCCO)[C@]3(CC[C@@](C)([C@H]4CC[C@](O)(CC)[C@H](C)O4)O3)O2)[C@H](C)C[C@@H]1C. The first-order chi connectivity index (χ1) is 27.7. The number of aliphatic carboxylic acids is 1.